The molecule has 0 radical (unpaired) electrons. The maximum atomic E-state index is 13.2. The minimum atomic E-state index is -0.443. The summed E-state index contributed by atoms with van der Waals surface area (Å²) in [4.78, 5) is 15.4. The molecule has 0 bridgehead atoms. The van der Waals surface area contributed by atoms with Crippen molar-refractivity contribution in [2.75, 3.05) is 12.0 Å². The lowest BCUT2D eigenvalue weighted by Gasteiger charge is -2.36. The second-order valence-electron chi connectivity index (χ2n) is 8.86. The molecule has 164 valence electrons. The molecule has 4 heteroatoms. The molecular formula is C26H37NO3. The summed E-state index contributed by atoms with van der Waals surface area (Å²) in [5.41, 5.74) is 7.72. The highest BCUT2D eigenvalue weighted by Crippen LogP contribution is 2.37. The Hall–Kier alpha value is -2.49. The van der Waals surface area contributed by atoms with Gasteiger partial charge in [0, 0.05) is 11.4 Å². The molecule has 0 aliphatic rings. The van der Waals surface area contributed by atoms with E-state index in [2.05, 4.69) is 63.8 Å². The highest BCUT2D eigenvalue weighted by molar-refractivity contribution is 5.85. The molecule has 0 N–H and O–H groups in total. The third-order valence-electron chi connectivity index (χ3n) is 5.62. The lowest BCUT2D eigenvalue weighted by molar-refractivity contribution is -0.149. The number of anilines is 2. The number of hydrogen-bond acceptors (Lipinski definition) is 4. The zero-order valence-corrected chi connectivity index (χ0v) is 20.2. The second kappa shape index (κ2) is 9.55. The fourth-order valence-electron chi connectivity index (χ4n) is 3.99. The van der Waals surface area contributed by atoms with E-state index in [0.717, 1.165) is 28.3 Å². The summed E-state index contributed by atoms with van der Waals surface area (Å²) in [6, 6.07) is 8.06. The van der Waals surface area contributed by atoms with Crippen LogP contribution in [0.5, 0.6) is 5.75 Å². The zero-order chi connectivity index (χ0) is 22.7. The van der Waals surface area contributed by atoms with Crippen molar-refractivity contribution in [3.05, 3.63) is 52.1 Å². The van der Waals surface area contributed by atoms with E-state index in [9.17, 15) is 4.79 Å². The highest BCUT2D eigenvalue weighted by atomic mass is 16.5. The minimum Gasteiger partial charge on any atom is -0.496 e. The van der Waals surface area contributed by atoms with Gasteiger partial charge in [0.1, 0.15) is 11.8 Å². The number of carbonyl (C=O) groups is 1. The van der Waals surface area contributed by atoms with Gasteiger partial charge in [-0.2, -0.15) is 0 Å². The van der Waals surface area contributed by atoms with Gasteiger partial charge < -0.3 is 14.4 Å². The number of carbonyl (C=O) groups excluding carboxylic acids is 1. The average Bonchev–Trinajstić information content (AvgIpc) is 2.62. The standard InChI is InChI=1S/C26H37NO3/c1-15(2)24(26(28)30-16(3)4)27(22-11-17(5)21(9)18(6)12-22)23-13-19(7)25(29-10)20(8)14-23/h11-16,24H,1-10H3. The van der Waals surface area contributed by atoms with E-state index in [4.69, 9.17) is 9.47 Å². The first kappa shape index (κ1) is 23.8. The zero-order valence-electron chi connectivity index (χ0n) is 20.2. The second-order valence-corrected chi connectivity index (χ2v) is 8.86. The van der Waals surface area contributed by atoms with Crippen LogP contribution in [-0.2, 0) is 9.53 Å². The minimum absolute atomic E-state index is 0.0564. The Morgan fingerprint density at radius 3 is 1.60 bits per heavy atom. The van der Waals surface area contributed by atoms with Crippen LogP contribution in [-0.4, -0.2) is 25.2 Å². The number of ether oxygens (including phenoxy) is 2. The molecule has 0 heterocycles. The van der Waals surface area contributed by atoms with Crippen molar-refractivity contribution in [3.8, 4) is 5.75 Å². The fourth-order valence-corrected chi connectivity index (χ4v) is 3.99. The van der Waals surface area contributed by atoms with Crippen LogP contribution in [0, 0.1) is 40.5 Å². The molecule has 0 saturated heterocycles. The van der Waals surface area contributed by atoms with Crippen molar-refractivity contribution < 1.29 is 14.3 Å². The SMILES string of the molecule is COc1c(C)cc(N(c2cc(C)c(C)c(C)c2)C(C(=O)OC(C)C)C(C)C)cc1C. The molecule has 30 heavy (non-hydrogen) atoms. The van der Waals surface area contributed by atoms with Gasteiger partial charge in [0.05, 0.1) is 13.2 Å². The van der Waals surface area contributed by atoms with Crippen molar-refractivity contribution in [2.45, 2.75) is 74.5 Å². The number of benzene rings is 2. The van der Waals surface area contributed by atoms with E-state index in [1.54, 1.807) is 7.11 Å². The predicted octanol–water partition coefficient (Wildman–Crippen LogP) is 6.35. The van der Waals surface area contributed by atoms with E-state index < -0.39 is 6.04 Å². The fraction of sp³-hybridized carbons (Fsp3) is 0.500. The summed E-state index contributed by atoms with van der Waals surface area (Å²) in [6.07, 6.45) is -0.165. The molecule has 0 fully saturated rings. The van der Waals surface area contributed by atoms with Crippen molar-refractivity contribution >= 4 is 17.3 Å². The highest BCUT2D eigenvalue weighted by Gasteiger charge is 2.33. The smallest absolute Gasteiger partial charge is 0.329 e. The van der Waals surface area contributed by atoms with Crippen molar-refractivity contribution in [3.63, 3.8) is 0 Å². The first-order chi connectivity index (χ1) is 14.0. The van der Waals surface area contributed by atoms with Crippen LogP contribution in [0.2, 0.25) is 0 Å². The Labute approximate surface area is 182 Å². The third kappa shape index (κ3) is 4.97. The summed E-state index contributed by atoms with van der Waals surface area (Å²) in [6.45, 7) is 18.4. The maximum Gasteiger partial charge on any atom is 0.329 e. The number of hydrogen-bond donors (Lipinski definition) is 0. The first-order valence-corrected chi connectivity index (χ1v) is 10.7. The Morgan fingerprint density at radius 1 is 0.800 bits per heavy atom. The van der Waals surface area contributed by atoms with Crippen LogP contribution in [0.1, 0.15) is 55.5 Å². The predicted molar refractivity (Wildman–Crippen MR) is 125 cm³/mol. The Bertz CT molecular complexity index is 868. The van der Waals surface area contributed by atoms with E-state index in [1.165, 1.54) is 16.7 Å². The van der Waals surface area contributed by atoms with Gasteiger partial charge in [0.25, 0.3) is 0 Å². The molecule has 0 saturated carbocycles. The average molecular weight is 412 g/mol. The topological polar surface area (TPSA) is 38.8 Å². The number of methoxy groups -OCH3 is 1. The molecule has 0 spiro atoms. The Kier molecular flexibility index (Phi) is 7.57. The molecule has 0 aliphatic heterocycles. The monoisotopic (exact) mass is 411 g/mol. The molecule has 1 unspecified atom stereocenters. The van der Waals surface area contributed by atoms with Crippen LogP contribution < -0.4 is 9.64 Å². The molecule has 2 rings (SSSR count). The molecule has 0 aliphatic carbocycles. The normalized spacial score (nSPS) is 12.3. The Morgan fingerprint density at radius 2 is 1.23 bits per heavy atom. The van der Waals surface area contributed by atoms with Crippen LogP contribution >= 0.6 is 0 Å². The summed E-state index contributed by atoms with van der Waals surface area (Å²) < 4.78 is 11.2. The molecule has 4 nitrogen and oxygen atoms in total. The summed E-state index contributed by atoms with van der Waals surface area (Å²) in [5.74, 6) is 0.726. The van der Waals surface area contributed by atoms with Crippen LogP contribution in [0.25, 0.3) is 0 Å². The summed E-state index contributed by atoms with van der Waals surface area (Å²) >= 11 is 0. The molecule has 1 atom stereocenters. The van der Waals surface area contributed by atoms with Crippen molar-refractivity contribution in [1.82, 2.24) is 0 Å². The summed E-state index contributed by atoms with van der Waals surface area (Å²) in [7, 11) is 1.69. The molecule has 0 aromatic heterocycles. The van der Waals surface area contributed by atoms with Crippen LogP contribution in [0.3, 0.4) is 0 Å². The van der Waals surface area contributed by atoms with E-state index in [1.807, 2.05) is 27.7 Å². The van der Waals surface area contributed by atoms with Gasteiger partial charge in [0.2, 0.25) is 0 Å². The maximum absolute atomic E-state index is 13.2. The lowest BCUT2D eigenvalue weighted by Crippen LogP contribution is -2.44. The summed E-state index contributed by atoms with van der Waals surface area (Å²) in [5, 5.41) is 0. The number of aryl methyl sites for hydroxylation is 4. The van der Waals surface area contributed by atoms with Gasteiger partial charge in [-0.3, -0.25) is 0 Å². The van der Waals surface area contributed by atoms with Gasteiger partial charge in [-0.1, -0.05) is 13.8 Å². The van der Waals surface area contributed by atoms with Crippen LogP contribution in [0.15, 0.2) is 24.3 Å². The van der Waals surface area contributed by atoms with E-state index >= 15 is 0 Å². The van der Waals surface area contributed by atoms with Gasteiger partial charge in [-0.15, -0.1) is 0 Å². The largest absolute Gasteiger partial charge is 0.496 e. The number of esters is 1. The van der Waals surface area contributed by atoms with E-state index in [0.29, 0.717) is 0 Å². The van der Waals surface area contributed by atoms with Gasteiger partial charge >= 0.3 is 5.97 Å². The number of nitrogens with zero attached hydrogens (tertiary/aromatic N) is 1. The lowest BCUT2D eigenvalue weighted by atomic mass is 9.97. The molecule has 2 aromatic carbocycles. The third-order valence-corrected chi connectivity index (χ3v) is 5.62. The quantitative estimate of drug-likeness (QED) is 0.498. The van der Waals surface area contributed by atoms with Crippen molar-refractivity contribution in [2.24, 2.45) is 5.92 Å². The first-order valence-electron chi connectivity index (χ1n) is 10.7. The molecular weight excluding hydrogens is 374 g/mol. The molecule has 0 amide bonds. The van der Waals surface area contributed by atoms with Crippen molar-refractivity contribution in [1.29, 1.82) is 0 Å². The molecule has 2 aromatic rings. The number of rotatable bonds is 7. The van der Waals surface area contributed by atoms with Gasteiger partial charge in [-0.25, -0.2) is 4.79 Å². The Balaban J connectivity index is 2.76. The van der Waals surface area contributed by atoms with E-state index in [-0.39, 0.29) is 18.0 Å². The van der Waals surface area contributed by atoms with Gasteiger partial charge in [-0.05, 0) is 106 Å². The van der Waals surface area contributed by atoms with Crippen LogP contribution in [0.4, 0.5) is 11.4 Å². The van der Waals surface area contributed by atoms with Gasteiger partial charge in [0.15, 0.2) is 0 Å².